The topological polar surface area (TPSA) is 108 Å². The number of imidazole rings is 1. The van der Waals surface area contributed by atoms with E-state index in [0.29, 0.717) is 34.2 Å². The Hall–Kier alpha value is -3.33. The van der Waals surface area contributed by atoms with Gasteiger partial charge in [-0.05, 0) is 32.0 Å². The van der Waals surface area contributed by atoms with E-state index in [9.17, 15) is 18.5 Å². The molecule has 0 amide bonds. The Morgan fingerprint density at radius 1 is 1.18 bits per heavy atom. The molecule has 2 aromatic carbocycles. The van der Waals surface area contributed by atoms with Crippen LogP contribution in [0.4, 0.5) is 5.69 Å². The van der Waals surface area contributed by atoms with E-state index in [1.807, 2.05) is 11.5 Å². The lowest BCUT2D eigenvalue weighted by molar-refractivity contribution is -0.387. The number of benzene rings is 2. The Kier molecular flexibility index (Phi) is 4.11. The van der Waals surface area contributed by atoms with Gasteiger partial charge in [0.15, 0.2) is 4.90 Å². The Bertz CT molecular complexity index is 1350. The average molecular weight is 396 g/mol. The van der Waals surface area contributed by atoms with Gasteiger partial charge in [-0.2, -0.15) is 0 Å². The zero-order valence-electron chi connectivity index (χ0n) is 15.2. The molecule has 28 heavy (non-hydrogen) atoms. The number of nitro benzene ring substituents is 1. The van der Waals surface area contributed by atoms with Crippen molar-refractivity contribution >= 4 is 37.3 Å². The molecule has 0 spiro atoms. The third kappa shape index (κ3) is 2.63. The molecule has 0 aliphatic rings. The predicted molar refractivity (Wildman–Crippen MR) is 104 cm³/mol. The number of pyridine rings is 1. The van der Waals surface area contributed by atoms with Gasteiger partial charge >= 0.3 is 0 Å². The molecule has 2 heterocycles. The van der Waals surface area contributed by atoms with Gasteiger partial charge in [-0.15, -0.1) is 0 Å². The molecule has 9 heteroatoms. The fraction of sp³-hybridized carbons (Fsp3) is 0.158. The molecular formula is C19H16N4O4S. The summed E-state index contributed by atoms with van der Waals surface area (Å²) in [6.45, 7) is 4.25. The van der Waals surface area contributed by atoms with Gasteiger partial charge in [0, 0.05) is 35.8 Å². The van der Waals surface area contributed by atoms with E-state index in [1.54, 1.807) is 31.3 Å². The van der Waals surface area contributed by atoms with Crippen molar-refractivity contribution in [3.63, 3.8) is 0 Å². The molecule has 0 bridgehead atoms. The molecule has 8 nitrogen and oxygen atoms in total. The monoisotopic (exact) mass is 396 g/mol. The second-order valence-electron chi connectivity index (χ2n) is 6.33. The lowest BCUT2D eigenvalue weighted by atomic mass is 10.2. The summed E-state index contributed by atoms with van der Waals surface area (Å²) in [7, 11) is -4.16. The van der Waals surface area contributed by atoms with Gasteiger partial charge in [0.2, 0.25) is 9.84 Å². The van der Waals surface area contributed by atoms with Gasteiger partial charge in [-0.1, -0.05) is 12.1 Å². The number of rotatable bonds is 4. The van der Waals surface area contributed by atoms with E-state index in [1.165, 1.54) is 24.4 Å². The van der Waals surface area contributed by atoms with Crippen LogP contribution in [0.25, 0.3) is 21.8 Å². The van der Waals surface area contributed by atoms with Crippen molar-refractivity contribution < 1.29 is 13.3 Å². The largest absolute Gasteiger partial charge is 0.328 e. The maximum Gasteiger partial charge on any atom is 0.290 e. The second kappa shape index (κ2) is 6.38. The zero-order chi connectivity index (χ0) is 20.1. The average Bonchev–Trinajstić information content (AvgIpc) is 3.00. The molecule has 0 aliphatic carbocycles. The Morgan fingerprint density at radius 2 is 1.96 bits per heavy atom. The molecule has 2 aromatic heterocycles. The van der Waals surface area contributed by atoms with Gasteiger partial charge in [0.1, 0.15) is 5.82 Å². The standard InChI is InChI=1S/C19H16N4O4S/c1-3-22-12(2)21-15-9-19(17(23(24)25)10-16(15)22)28(26,27)18-6-4-5-13-11-20-8-7-14(13)18/h4-11H,3H2,1-2H3. The Balaban J connectivity index is 2.07. The first-order valence-electron chi connectivity index (χ1n) is 8.57. The molecule has 0 N–H and O–H groups in total. The van der Waals surface area contributed by atoms with Crippen LogP contribution in [-0.4, -0.2) is 27.9 Å². The molecule has 0 aliphatic heterocycles. The van der Waals surface area contributed by atoms with Crippen molar-refractivity contribution in [3.05, 3.63) is 64.7 Å². The zero-order valence-corrected chi connectivity index (χ0v) is 16.0. The van der Waals surface area contributed by atoms with E-state index in [0.717, 1.165) is 0 Å². The van der Waals surface area contributed by atoms with E-state index >= 15 is 0 Å². The van der Waals surface area contributed by atoms with Crippen molar-refractivity contribution in [2.24, 2.45) is 0 Å². The minimum Gasteiger partial charge on any atom is -0.328 e. The summed E-state index contributed by atoms with van der Waals surface area (Å²) in [5.74, 6) is 0.664. The highest BCUT2D eigenvalue weighted by Gasteiger charge is 2.30. The summed E-state index contributed by atoms with van der Waals surface area (Å²) in [5.41, 5.74) is 0.478. The van der Waals surface area contributed by atoms with Crippen molar-refractivity contribution in [1.29, 1.82) is 0 Å². The van der Waals surface area contributed by atoms with Crippen LogP contribution in [-0.2, 0) is 16.4 Å². The second-order valence-corrected chi connectivity index (χ2v) is 8.21. The number of sulfone groups is 1. The minimum absolute atomic E-state index is 0.00139. The summed E-state index contributed by atoms with van der Waals surface area (Å²) < 4.78 is 28.6. The molecule has 4 aromatic rings. The quantitative estimate of drug-likeness (QED) is 0.385. The number of aryl methyl sites for hydroxylation is 2. The van der Waals surface area contributed by atoms with Crippen molar-refractivity contribution in [2.45, 2.75) is 30.2 Å². The molecule has 0 saturated carbocycles. The maximum atomic E-state index is 13.4. The van der Waals surface area contributed by atoms with E-state index in [2.05, 4.69) is 9.97 Å². The third-order valence-corrected chi connectivity index (χ3v) is 6.59. The fourth-order valence-corrected chi connectivity index (χ4v) is 5.11. The Morgan fingerprint density at radius 3 is 2.68 bits per heavy atom. The van der Waals surface area contributed by atoms with Crippen LogP contribution >= 0.6 is 0 Å². The van der Waals surface area contributed by atoms with Crippen LogP contribution in [0.2, 0.25) is 0 Å². The number of aromatic nitrogens is 3. The normalized spacial score (nSPS) is 11.9. The number of hydrogen-bond acceptors (Lipinski definition) is 6. The predicted octanol–water partition coefficient (Wildman–Crippen LogP) is 3.65. The van der Waals surface area contributed by atoms with E-state index in [-0.39, 0.29) is 9.79 Å². The van der Waals surface area contributed by atoms with E-state index in [4.69, 9.17) is 0 Å². The molecule has 0 fully saturated rings. The first-order chi connectivity index (χ1) is 13.3. The Labute approximate surface area is 160 Å². The molecule has 0 saturated heterocycles. The van der Waals surface area contributed by atoms with Crippen LogP contribution in [0, 0.1) is 17.0 Å². The van der Waals surface area contributed by atoms with Gasteiger partial charge < -0.3 is 4.57 Å². The van der Waals surface area contributed by atoms with Crippen LogP contribution in [0.3, 0.4) is 0 Å². The summed E-state index contributed by atoms with van der Waals surface area (Å²) in [6, 6.07) is 8.95. The number of nitrogens with zero attached hydrogens (tertiary/aromatic N) is 4. The fourth-order valence-electron chi connectivity index (χ4n) is 3.46. The smallest absolute Gasteiger partial charge is 0.290 e. The van der Waals surface area contributed by atoms with Crippen LogP contribution in [0.1, 0.15) is 12.7 Å². The van der Waals surface area contributed by atoms with Crippen LogP contribution in [0.5, 0.6) is 0 Å². The van der Waals surface area contributed by atoms with Crippen molar-refractivity contribution in [1.82, 2.24) is 14.5 Å². The highest BCUT2D eigenvalue weighted by molar-refractivity contribution is 7.92. The minimum atomic E-state index is -4.16. The molecule has 142 valence electrons. The summed E-state index contributed by atoms with van der Waals surface area (Å²) in [4.78, 5) is 19.1. The maximum absolute atomic E-state index is 13.4. The third-order valence-electron chi connectivity index (χ3n) is 4.75. The summed E-state index contributed by atoms with van der Waals surface area (Å²) in [6.07, 6.45) is 3.05. The molecular weight excluding hydrogens is 380 g/mol. The van der Waals surface area contributed by atoms with Crippen molar-refractivity contribution in [2.75, 3.05) is 0 Å². The van der Waals surface area contributed by atoms with Gasteiger partial charge in [-0.25, -0.2) is 13.4 Å². The van der Waals surface area contributed by atoms with Gasteiger partial charge in [0.25, 0.3) is 5.69 Å². The van der Waals surface area contributed by atoms with Crippen molar-refractivity contribution in [3.8, 4) is 0 Å². The highest BCUT2D eigenvalue weighted by atomic mass is 32.2. The molecule has 0 atom stereocenters. The SMILES string of the molecule is CCn1c(C)nc2cc(S(=O)(=O)c3cccc4cnccc34)c([N+](=O)[O-])cc21. The van der Waals surface area contributed by atoms with Crippen LogP contribution in [0.15, 0.2) is 58.6 Å². The lowest BCUT2D eigenvalue weighted by Crippen LogP contribution is -2.07. The van der Waals surface area contributed by atoms with Crippen LogP contribution < -0.4 is 0 Å². The molecule has 4 rings (SSSR count). The number of nitro groups is 1. The summed E-state index contributed by atoms with van der Waals surface area (Å²) in [5, 5.41) is 12.8. The first kappa shape index (κ1) is 18.1. The lowest BCUT2D eigenvalue weighted by Gasteiger charge is -2.09. The number of fused-ring (bicyclic) bond motifs is 2. The van der Waals surface area contributed by atoms with E-state index < -0.39 is 20.4 Å². The van der Waals surface area contributed by atoms with Gasteiger partial charge in [0.05, 0.1) is 20.9 Å². The highest BCUT2D eigenvalue weighted by Crippen LogP contribution is 2.35. The molecule has 0 radical (unpaired) electrons. The summed E-state index contributed by atoms with van der Waals surface area (Å²) >= 11 is 0. The van der Waals surface area contributed by atoms with Gasteiger partial charge in [-0.3, -0.25) is 15.1 Å². The first-order valence-corrected chi connectivity index (χ1v) is 10.1. The molecule has 0 unspecified atom stereocenters. The number of hydrogen-bond donors (Lipinski definition) is 0.